The molecule has 1 aliphatic heterocycles. The number of nitrogens with zero attached hydrogens (tertiary/aromatic N) is 3. The third-order valence-electron chi connectivity index (χ3n) is 5.34. The van der Waals surface area contributed by atoms with Gasteiger partial charge in [-0.2, -0.15) is 0 Å². The third-order valence-corrected chi connectivity index (χ3v) is 5.34. The predicted octanol–water partition coefficient (Wildman–Crippen LogP) is 2.98. The van der Waals surface area contributed by atoms with Crippen LogP contribution in [0.25, 0.3) is 10.8 Å². The Balaban J connectivity index is 1.37. The van der Waals surface area contributed by atoms with E-state index in [-0.39, 0.29) is 5.91 Å². The summed E-state index contributed by atoms with van der Waals surface area (Å²) in [7, 11) is 1.32. The van der Waals surface area contributed by atoms with Gasteiger partial charge in [0.1, 0.15) is 5.69 Å². The number of aromatic nitrogens is 1. The number of rotatable bonds is 4. The molecule has 0 N–H and O–H groups in total. The first-order valence-electron chi connectivity index (χ1n) is 9.68. The maximum atomic E-state index is 12.7. The summed E-state index contributed by atoms with van der Waals surface area (Å²) in [5, 5.41) is 2.53. The van der Waals surface area contributed by atoms with Gasteiger partial charge in [-0.3, -0.25) is 14.7 Å². The van der Waals surface area contributed by atoms with E-state index in [4.69, 9.17) is 0 Å². The van der Waals surface area contributed by atoms with E-state index in [1.807, 2.05) is 4.90 Å². The SMILES string of the molecule is COC(=O)c1ccc(C(=O)N2CCN(Cc3cccc4ccccc34)CC2)nc1. The van der Waals surface area contributed by atoms with E-state index in [0.717, 1.165) is 19.6 Å². The zero-order chi connectivity index (χ0) is 20.2. The van der Waals surface area contributed by atoms with E-state index < -0.39 is 5.97 Å². The quantitative estimate of drug-likeness (QED) is 0.642. The fourth-order valence-corrected chi connectivity index (χ4v) is 3.70. The number of hydrogen-bond acceptors (Lipinski definition) is 5. The summed E-state index contributed by atoms with van der Waals surface area (Å²) >= 11 is 0. The minimum atomic E-state index is -0.460. The van der Waals surface area contributed by atoms with Crippen molar-refractivity contribution in [2.24, 2.45) is 0 Å². The minimum absolute atomic E-state index is 0.105. The molecule has 1 aliphatic rings. The Kier molecular flexibility index (Phi) is 5.53. The Morgan fingerprint density at radius 3 is 2.45 bits per heavy atom. The highest BCUT2D eigenvalue weighted by Crippen LogP contribution is 2.20. The average Bonchev–Trinajstić information content (AvgIpc) is 2.79. The highest BCUT2D eigenvalue weighted by Gasteiger charge is 2.23. The van der Waals surface area contributed by atoms with Crippen molar-refractivity contribution in [2.45, 2.75) is 6.54 Å². The molecule has 0 atom stereocenters. The lowest BCUT2D eigenvalue weighted by Crippen LogP contribution is -2.48. The van der Waals surface area contributed by atoms with Crippen LogP contribution in [0.2, 0.25) is 0 Å². The van der Waals surface area contributed by atoms with Crippen LogP contribution in [0, 0.1) is 0 Å². The molecule has 3 aromatic rings. The Hall–Kier alpha value is -3.25. The average molecular weight is 389 g/mol. The number of hydrogen-bond donors (Lipinski definition) is 0. The second kappa shape index (κ2) is 8.41. The second-order valence-corrected chi connectivity index (χ2v) is 7.13. The van der Waals surface area contributed by atoms with Crippen molar-refractivity contribution in [1.82, 2.24) is 14.8 Å². The fraction of sp³-hybridized carbons (Fsp3) is 0.261. The van der Waals surface area contributed by atoms with Gasteiger partial charge in [0.2, 0.25) is 0 Å². The van der Waals surface area contributed by atoms with Crippen molar-refractivity contribution < 1.29 is 14.3 Å². The lowest BCUT2D eigenvalue weighted by Gasteiger charge is -2.34. The monoisotopic (exact) mass is 389 g/mol. The molecule has 0 saturated carbocycles. The minimum Gasteiger partial charge on any atom is -0.465 e. The summed E-state index contributed by atoms with van der Waals surface area (Å²) in [6.07, 6.45) is 1.38. The molecule has 0 unspecified atom stereocenters. The van der Waals surface area contributed by atoms with Crippen LogP contribution in [0.5, 0.6) is 0 Å². The topological polar surface area (TPSA) is 62.7 Å². The van der Waals surface area contributed by atoms with Crippen molar-refractivity contribution in [3.63, 3.8) is 0 Å². The van der Waals surface area contributed by atoms with Gasteiger partial charge in [0, 0.05) is 38.9 Å². The molecule has 0 aliphatic carbocycles. The number of carbonyl (C=O) groups is 2. The van der Waals surface area contributed by atoms with Crippen LogP contribution in [0.15, 0.2) is 60.8 Å². The highest BCUT2D eigenvalue weighted by atomic mass is 16.5. The van der Waals surface area contributed by atoms with E-state index in [2.05, 4.69) is 57.1 Å². The van der Waals surface area contributed by atoms with Crippen molar-refractivity contribution in [2.75, 3.05) is 33.3 Å². The molecule has 148 valence electrons. The fourth-order valence-electron chi connectivity index (χ4n) is 3.70. The van der Waals surface area contributed by atoms with Crippen LogP contribution in [0.4, 0.5) is 0 Å². The summed E-state index contributed by atoms with van der Waals surface area (Å²) in [4.78, 5) is 32.6. The number of carbonyl (C=O) groups excluding carboxylic acids is 2. The molecule has 1 aromatic heterocycles. The van der Waals surface area contributed by atoms with Crippen molar-refractivity contribution in [3.05, 3.63) is 77.6 Å². The standard InChI is InChI=1S/C23H23N3O3/c1-29-23(28)18-9-10-21(24-15-18)22(27)26-13-11-25(12-14-26)16-19-7-4-6-17-5-2-3-8-20(17)19/h2-10,15H,11-14,16H2,1H3. The highest BCUT2D eigenvalue weighted by molar-refractivity contribution is 5.94. The van der Waals surface area contributed by atoms with Gasteiger partial charge in [-0.25, -0.2) is 4.79 Å². The van der Waals surface area contributed by atoms with Gasteiger partial charge in [-0.15, -0.1) is 0 Å². The van der Waals surface area contributed by atoms with E-state index in [1.54, 1.807) is 12.1 Å². The predicted molar refractivity (Wildman–Crippen MR) is 111 cm³/mol. The normalized spacial score (nSPS) is 14.7. The molecule has 4 rings (SSSR count). The van der Waals surface area contributed by atoms with Gasteiger partial charge in [0.05, 0.1) is 12.7 Å². The molecular formula is C23H23N3O3. The van der Waals surface area contributed by atoms with Crippen LogP contribution < -0.4 is 0 Å². The van der Waals surface area contributed by atoms with Gasteiger partial charge < -0.3 is 9.64 Å². The Bertz CT molecular complexity index is 1020. The molecule has 2 heterocycles. The molecule has 1 saturated heterocycles. The van der Waals surface area contributed by atoms with Crippen LogP contribution >= 0.6 is 0 Å². The molecule has 2 aromatic carbocycles. The van der Waals surface area contributed by atoms with Gasteiger partial charge in [0.25, 0.3) is 5.91 Å². The zero-order valence-corrected chi connectivity index (χ0v) is 16.4. The molecule has 0 radical (unpaired) electrons. The smallest absolute Gasteiger partial charge is 0.339 e. The van der Waals surface area contributed by atoms with Crippen molar-refractivity contribution in [3.8, 4) is 0 Å². The molecule has 1 amide bonds. The number of pyridine rings is 1. The van der Waals surface area contributed by atoms with Gasteiger partial charge in [-0.1, -0.05) is 42.5 Å². The summed E-state index contributed by atoms with van der Waals surface area (Å²) in [5.41, 5.74) is 1.99. The zero-order valence-electron chi connectivity index (χ0n) is 16.4. The van der Waals surface area contributed by atoms with E-state index in [9.17, 15) is 9.59 Å². The number of ether oxygens (including phenoxy) is 1. The molecular weight excluding hydrogens is 366 g/mol. The summed E-state index contributed by atoms with van der Waals surface area (Å²) in [5.74, 6) is -0.565. The number of methoxy groups -OCH3 is 1. The number of fused-ring (bicyclic) bond motifs is 1. The van der Waals surface area contributed by atoms with Crippen LogP contribution in [-0.4, -0.2) is 59.9 Å². The molecule has 0 spiro atoms. The lowest BCUT2D eigenvalue weighted by molar-refractivity contribution is 0.0593. The van der Waals surface area contributed by atoms with Crippen molar-refractivity contribution in [1.29, 1.82) is 0 Å². The first-order valence-corrected chi connectivity index (χ1v) is 9.68. The van der Waals surface area contributed by atoms with E-state index >= 15 is 0 Å². The Morgan fingerprint density at radius 2 is 1.72 bits per heavy atom. The maximum absolute atomic E-state index is 12.7. The maximum Gasteiger partial charge on any atom is 0.339 e. The number of benzene rings is 2. The molecule has 0 bridgehead atoms. The lowest BCUT2D eigenvalue weighted by atomic mass is 10.0. The first kappa shape index (κ1) is 19.1. The number of amides is 1. The first-order chi connectivity index (χ1) is 14.2. The van der Waals surface area contributed by atoms with Crippen LogP contribution in [-0.2, 0) is 11.3 Å². The Labute approximate surface area is 169 Å². The van der Waals surface area contributed by atoms with E-state index in [1.165, 1.54) is 29.6 Å². The number of piperazine rings is 1. The van der Waals surface area contributed by atoms with Gasteiger partial charge in [-0.05, 0) is 28.5 Å². The van der Waals surface area contributed by atoms with Gasteiger partial charge >= 0.3 is 5.97 Å². The Morgan fingerprint density at radius 1 is 0.966 bits per heavy atom. The summed E-state index contributed by atoms with van der Waals surface area (Å²) in [6, 6.07) is 18.0. The molecule has 29 heavy (non-hydrogen) atoms. The second-order valence-electron chi connectivity index (χ2n) is 7.13. The third kappa shape index (κ3) is 4.12. The molecule has 6 heteroatoms. The van der Waals surface area contributed by atoms with Crippen molar-refractivity contribution >= 4 is 22.6 Å². The largest absolute Gasteiger partial charge is 0.465 e. The molecule has 1 fully saturated rings. The molecule has 6 nitrogen and oxygen atoms in total. The van der Waals surface area contributed by atoms with Crippen LogP contribution in [0.1, 0.15) is 26.4 Å². The van der Waals surface area contributed by atoms with E-state index in [0.29, 0.717) is 24.3 Å². The van der Waals surface area contributed by atoms with Gasteiger partial charge in [0.15, 0.2) is 0 Å². The summed E-state index contributed by atoms with van der Waals surface area (Å²) in [6.45, 7) is 3.81. The van der Waals surface area contributed by atoms with Crippen LogP contribution in [0.3, 0.4) is 0 Å². The summed E-state index contributed by atoms with van der Waals surface area (Å²) < 4.78 is 4.66. The number of esters is 1.